The number of carboxylic acids is 1. The van der Waals surface area contributed by atoms with Crippen molar-refractivity contribution in [3.05, 3.63) is 47.3 Å². The fraction of sp³-hybridized carbons (Fsp3) is 0. The second kappa shape index (κ2) is 6.09. The summed E-state index contributed by atoms with van der Waals surface area (Å²) in [7, 11) is 0. The van der Waals surface area contributed by atoms with Crippen molar-refractivity contribution in [3.63, 3.8) is 0 Å². The van der Waals surface area contributed by atoms with Crippen molar-refractivity contribution in [2.75, 3.05) is 5.32 Å². The molecule has 3 rings (SSSR count). The van der Waals surface area contributed by atoms with Crippen LogP contribution in [0.1, 0.15) is 10.4 Å². The van der Waals surface area contributed by atoms with Gasteiger partial charge in [0.25, 0.3) is 0 Å². The SMILES string of the molecule is O=C(O)c1ccc(Nc2nc(-c3ccc(O)c(O)c3)cs2)cc1O. The molecule has 0 aliphatic rings. The zero-order valence-electron chi connectivity index (χ0n) is 12.1. The molecule has 0 spiro atoms. The molecule has 0 unspecified atom stereocenters. The lowest BCUT2D eigenvalue weighted by molar-refractivity contribution is 0.0694. The number of carboxylic acid groups (broad SMARTS) is 1. The minimum absolute atomic E-state index is 0.181. The lowest BCUT2D eigenvalue weighted by Crippen LogP contribution is -1.97. The maximum atomic E-state index is 10.9. The standard InChI is InChI=1S/C16H12N2O5S/c19-12-4-1-8(5-14(12)21)11-7-24-16(18-11)17-9-2-3-10(15(22)23)13(20)6-9/h1-7,19-21H,(H,17,18)(H,22,23). The van der Waals surface area contributed by atoms with Crippen LogP contribution in [0.15, 0.2) is 41.8 Å². The van der Waals surface area contributed by atoms with Gasteiger partial charge in [-0.3, -0.25) is 0 Å². The molecule has 0 fully saturated rings. The average molecular weight is 344 g/mol. The van der Waals surface area contributed by atoms with Gasteiger partial charge in [-0.2, -0.15) is 0 Å². The largest absolute Gasteiger partial charge is 0.507 e. The number of nitrogens with zero attached hydrogens (tertiary/aromatic N) is 1. The van der Waals surface area contributed by atoms with Crippen molar-refractivity contribution >= 4 is 28.1 Å². The van der Waals surface area contributed by atoms with Gasteiger partial charge in [-0.1, -0.05) is 0 Å². The Morgan fingerprint density at radius 3 is 2.46 bits per heavy atom. The van der Waals surface area contributed by atoms with Crippen molar-refractivity contribution in [2.45, 2.75) is 0 Å². The molecule has 24 heavy (non-hydrogen) atoms. The van der Waals surface area contributed by atoms with E-state index in [1.54, 1.807) is 11.4 Å². The van der Waals surface area contributed by atoms with Crippen LogP contribution in [0, 0.1) is 0 Å². The first-order valence-corrected chi connectivity index (χ1v) is 7.63. The second-order valence-electron chi connectivity index (χ2n) is 4.90. The molecule has 0 aliphatic heterocycles. The number of hydrogen-bond acceptors (Lipinski definition) is 7. The van der Waals surface area contributed by atoms with Crippen LogP contribution in [0.3, 0.4) is 0 Å². The summed E-state index contributed by atoms with van der Waals surface area (Å²) < 4.78 is 0. The summed E-state index contributed by atoms with van der Waals surface area (Å²) in [6.45, 7) is 0. The highest BCUT2D eigenvalue weighted by atomic mass is 32.1. The van der Waals surface area contributed by atoms with Crippen LogP contribution in [-0.4, -0.2) is 31.4 Å². The molecule has 8 heteroatoms. The van der Waals surface area contributed by atoms with Crippen LogP contribution in [0.4, 0.5) is 10.8 Å². The number of nitrogens with one attached hydrogen (secondary N) is 1. The maximum Gasteiger partial charge on any atom is 0.339 e. The van der Waals surface area contributed by atoms with Gasteiger partial charge < -0.3 is 25.7 Å². The average Bonchev–Trinajstić information content (AvgIpc) is 2.98. The zero-order valence-corrected chi connectivity index (χ0v) is 12.9. The number of aromatic hydroxyl groups is 3. The van der Waals surface area contributed by atoms with Gasteiger partial charge >= 0.3 is 5.97 Å². The molecular weight excluding hydrogens is 332 g/mol. The molecule has 0 atom stereocenters. The summed E-state index contributed by atoms with van der Waals surface area (Å²) in [6, 6.07) is 8.53. The Morgan fingerprint density at radius 1 is 1.00 bits per heavy atom. The Hall–Kier alpha value is -3.26. The van der Waals surface area contributed by atoms with E-state index in [1.165, 1.54) is 41.7 Å². The molecule has 122 valence electrons. The third kappa shape index (κ3) is 3.08. The smallest absolute Gasteiger partial charge is 0.339 e. The molecule has 3 aromatic rings. The first-order chi connectivity index (χ1) is 11.4. The maximum absolute atomic E-state index is 10.9. The monoisotopic (exact) mass is 344 g/mol. The normalized spacial score (nSPS) is 10.5. The molecule has 2 aromatic carbocycles. The number of thiazole rings is 1. The third-order valence-electron chi connectivity index (χ3n) is 3.25. The highest BCUT2D eigenvalue weighted by Gasteiger charge is 2.11. The number of phenolic OH excluding ortho intramolecular Hbond substituents is 2. The molecule has 0 aliphatic carbocycles. The third-order valence-corrected chi connectivity index (χ3v) is 4.01. The summed E-state index contributed by atoms with van der Waals surface area (Å²) in [4.78, 5) is 15.2. The first kappa shape index (κ1) is 15.6. The van der Waals surface area contributed by atoms with Crippen molar-refractivity contribution in [3.8, 4) is 28.5 Å². The molecule has 0 amide bonds. The summed E-state index contributed by atoms with van der Waals surface area (Å²) in [5.74, 6) is -1.99. The van der Waals surface area contributed by atoms with E-state index in [0.717, 1.165) is 0 Å². The highest BCUT2D eigenvalue weighted by molar-refractivity contribution is 7.14. The van der Waals surface area contributed by atoms with Crippen molar-refractivity contribution in [1.29, 1.82) is 0 Å². The molecule has 0 saturated carbocycles. The van der Waals surface area contributed by atoms with Gasteiger partial charge in [-0.25, -0.2) is 9.78 Å². The number of hydrogen-bond donors (Lipinski definition) is 5. The van der Waals surface area contributed by atoms with Crippen LogP contribution < -0.4 is 5.32 Å². The summed E-state index contributed by atoms with van der Waals surface area (Å²) in [5.41, 5.74) is 1.55. The predicted octanol–water partition coefficient (Wildman–Crippen LogP) is 3.37. The molecule has 1 heterocycles. The van der Waals surface area contributed by atoms with Gasteiger partial charge in [0.05, 0.1) is 5.69 Å². The van der Waals surface area contributed by atoms with E-state index >= 15 is 0 Å². The number of carbonyl (C=O) groups is 1. The fourth-order valence-corrected chi connectivity index (χ4v) is 2.80. The molecule has 1 aromatic heterocycles. The minimum Gasteiger partial charge on any atom is -0.507 e. The van der Waals surface area contributed by atoms with Gasteiger partial charge in [0.15, 0.2) is 16.6 Å². The van der Waals surface area contributed by atoms with Gasteiger partial charge in [0, 0.05) is 22.7 Å². The lowest BCUT2D eigenvalue weighted by atomic mass is 10.1. The van der Waals surface area contributed by atoms with Crippen molar-refractivity contribution < 1.29 is 25.2 Å². The fourth-order valence-electron chi connectivity index (χ4n) is 2.06. The predicted molar refractivity (Wildman–Crippen MR) is 89.2 cm³/mol. The van der Waals surface area contributed by atoms with Gasteiger partial charge in [0.1, 0.15) is 11.3 Å². The Kier molecular flexibility index (Phi) is 3.97. The van der Waals surface area contributed by atoms with Gasteiger partial charge in [-0.05, 0) is 30.3 Å². The minimum atomic E-state index is -1.21. The van der Waals surface area contributed by atoms with E-state index in [9.17, 15) is 20.1 Å². The summed E-state index contributed by atoms with van der Waals surface area (Å²) in [5, 5.41) is 42.7. The number of aromatic nitrogens is 1. The molecule has 0 bridgehead atoms. The molecule has 5 N–H and O–H groups in total. The summed E-state index contributed by atoms with van der Waals surface area (Å²) >= 11 is 1.30. The van der Waals surface area contributed by atoms with Gasteiger partial charge in [0.2, 0.25) is 0 Å². The number of rotatable bonds is 4. The van der Waals surface area contributed by atoms with Crippen LogP contribution in [0.2, 0.25) is 0 Å². The zero-order chi connectivity index (χ0) is 17.3. The molecule has 7 nitrogen and oxygen atoms in total. The number of aromatic carboxylic acids is 1. The Bertz CT molecular complexity index is 923. The van der Waals surface area contributed by atoms with E-state index < -0.39 is 5.97 Å². The Labute approximate surface area is 140 Å². The lowest BCUT2D eigenvalue weighted by Gasteiger charge is -2.05. The highest BCUT2D eigenvalue weighted by Crippen LogP contribution is 2.33. The number of anilines is 2. The van der Waals surface area contributed by atoms with Crippen LogP contribution in [0.5, 0.6) is 17.2 Å². The Balaban J connectivity index is 1.82. The Morgan fingerprint density at radius 2 is 1.79 bits per heavy atom. The number of benzene rings is 2. The molecule has 0 saturated heterocycles. The van der Waals surface area contributed by atoms with Crippen molar-refractivity contribution in [2.24, 2.45) is 0 Å². The van der Waals surface area contributed by atoms with Gasteiger partial charge in [-0.15, -0.1) is 11.3 Å². The van der Waals surface area contributed by atoms with E-state index in [-0.39, 0.29) is 22.8 Å². The summed E-state index contributed by atoms with van der Waals surface area (Å²) in [6.07, 6.45) is 0. The van der Waals surface area contributed by atoms with Crippen LogP contribution in [-0.2, 0) is 0 Å². The van der Waals surface area contributed by atoms with Crippen LogP contribution in [0.25, 0.3) is 11.3 Å². The topological polar surface area (TPSA) is 123 Å². The van der Waals surface area contributed by atoms with Crippen LogP contribution >= 0.6 is 11.3 Å². The first-order valence-electron chi connectivity index (χ1n) is 6.75. The second-order valence-corrected chi connectivity index (χ2v) is 5.76. The molecular formula is C16H12N2O5S. The quantitative estimate of drug-likeness (QED) is 0.460. The van der Waals surface area contributed by atoms with E-state index in [4.69, 9.17) is 5.11 Å². The number of phenols is 3. The van der Waals surface area contributed by atoms with E-state index in [1.807, 2.05) is 0 Å². The van der Waals surface area contributed by atoms with E-state index in [0.29, 0.717) is 22.1 Å². The molecule has 0 radical (unpaired) electrons. The van der Waals surface area contributed by atoms with Crippen molar-refractivity contribution in [1.82, 2.24) is 4.98 Å². The van der Waals surface area contributed by atoms with E-state index in [2.05, 4.69) is 10.3 Å².